The Bertz CT molecular complexity index is 394. The van der Waals surface area contributed by atoms with Crippen LogP contribution in [0, 0.1) is 17.8 Å². The fourth-order valence-corrected chi connectivity index (χ4v) is 3.94. The molecule has 0 heterocycles. The largest absolute Gasteiger partial charge is 0.390 e. The molecule has 2 N–H and O–H groups in total. The van der Waals surface area contributed by atoms with Crippen molar-refractivity contribution in [3.63, 3.8) is 0 Å². The van der Waals surface area contributed by atoms with Gasteiger partial charge in [-0.25, -0.2) is 0 Å². The van der Waals surface area contributed by atoms with Gasteiger partial charge in [0.25, 0.3) is 0 Å². The van der Waals surface area contributed by atoms with Crippen molar-refractivity contribution in [3.8, 4) is 0 Å². The monoisotopic (exact) mass is 372 g/mol. The standard InChI is InChI=1S/C22H44O4/c1-9-17(14(3)4)13-20(18(24)10-2)25-21-15(5)11-12-19(21)26-22(7,8)16(6)23/h14-21,23-24H,9-13H2,1-8H3/t15?,16?,17?,18?,19-,20?,21?/m1/s1. The van der Waals surface area contributed by atoms with Gasteiger partial charge < -0.3 is 19.7 Å². The van der Waals surface area contributed by atoms with Gasteiger partial charge in [0.2, 0.25) is 0 Å². The van der Waals surface area contributed by atoms with Crippen molar-refractivity contribution >= 4 is 0 Å². The average molecular weight is 373 g/mol. The van der Waals surface area contributed by atoms with Gasteiger partial charge in [-0.2, -0.15) is 0 Å². The van der Waals surface area contributed by atoms with Gasteiger partial charge in [0.1, 0.15) is 0 Å². The zero-order chi connectivity index (χ0) is 20.1. The van der Waals surface area contributed by atoms with Gasteiger partial charge in [0.05, 0.1) is 36.1 Å². The Balaban J connectivity index is 2.88. The molecule has 7 atom stereocenters. The average Bonchev–Trinajstić information content (AvgIpc) is 2.89. The Hall–Kier alpha value is -0.160. The van der Waals surface area contributed by atoms with Crippen LogP contribution in [-0.2, 0) is 9.47 Å². The fourth-order valence-electron chi connectivity index (χ4n) is 3.94. The molecule has 0 saturated heterocycles. The van der Waals surface area contributed by atoms with Gasteiger partial charge in [-0.05, 0) is 64.2 Å². The third-order valence-electron chi connectivity index (χ3n) is 6.48. The van der Waals surface area contributed by atoms with E-state index >= 15 is 0 Å². The van der Waals surface area contributed by atoms with Crippen molar-refractivity contribution in [1.29, 1.82) is 0 Å². The van der Waals surface area contributed by atoms with Crippen LogP contribution in [0.2, 0.25) is 0 Å². The molecule has 156 valence electrons. The number of hydrogen-bond donors (Lipinski definition) is 2. The van der Waals surface area contributed by atoms with Gasteiger partial charge in [0.15, 0.2) is 0 Å². The molecule has 4 nitrogen and oxygen atoms in total. The molecule has 0 aliphatic heterocycles. The van der Waals surface area contributed by atoms with E-state index in [1.807, 2.05) is 20.8 Å². The maximum Gasteiger partial charge on any atom is 0.0886 e. The first-order chi connectivity index (χ1) is 12.0. The molecular weight excluding hydrogens is 328 g/mol. The number of rotatable bonds is 11. The summed E-state index contributed by atoms with van der Waals surface area (Å²) in [5, 5.41) is 20.6. The summed E-state index contributed by atoms with van der Waals surface area (Å²) in [6, 6.07) is 0. The van der Waals surface area contributed by atoms with Crippen LogP contribution in [0.25, 0.3) is 0 Å². The predicted molar refractivity (Wildman–Crippen MR) is 107 cm³/mol. The second kappa shape index (κ2) is 10.4. The van der Waals surface area contributed by atoms with Crippen LogP contribution in [0.4, 0.5) is 0 Å². The van der Waals surface area contributed by atoms with Crippen molar-refractivity contribution in [3.05, 3.63) is 0 Å². The molecule has 1 rings (SSSR count). The van der Waals surface area contributed by atoms with E-state index in [4.69, 9.17) is 9.47 Å². The van der Waals surface area contributed by atoms with Crippen LogP contribution in [0.15, 0.2) is 0 Å². The van der Waals surface area contributed by atoms with Crippen LogP contribution < -0.4 is 0 Å². The number of aliphatic hydroxyl groups is 2. The smallest absolute Gasteiger partial charge is 0.0886 e. The van der Waals surface area contributed by atoms with Crippen molar-refractivity contribution in [1.82, 2.24) is 0 Å². The van der Waals surface area contributed by atoms with E-state index in [-0.39, 0.29) is 18.3 Å². The molecule has 0 bridgehead atoms. The molecule has 26 heavy (non-hydrogen) atoms. The van der Waals surface area contributed by atoms with Crippen molar-refractivity contribution < 1.29 is 19.7 Å². The van der Waals surface area contributed by atoms with Gasteiger partial charge in [-0.15, -0.1) is 0 Å². The molecule has 0 aromatic rings. The molecular formula is C22H44O4. The molecule has 0 aromatic carbocycles. The van der Waals surface area contributed by atoms with E-state index < -0.39 is 17.8 Å². The first kappa shape index (κ1) is 23.9. The number of ether oxygens (including phenoxy) is 2. The summed E-state index contributed by atoms with van der Waals surface area (Å²) in [4.78, 5) is 0. The van der Waals surface area contributed by atoms with Gasteiger partial charge in [-0.3, -0.25) is 0 Å². The summed E-state index contributed by atoms with van der Waals surface area (Å²) in [7, 11) is 0. The highest BCUT2D eigenvalue weighted by Crippen LogP contribution is 2.36. The molecule has 1 aliphatic rings. The van der Waals surface area contributed by atoms with Crippen molar-refractivity contribution in [2.75, 3.05) is 0 Å². The first-order valence-electron chi connectivity index (χ1n) is 10.7. The molecule has 6 unspecified atom stereocenters. The summed E-state index contributed by atoms with van der Waals surface area (Å²) in [6.07, 6.45) is 3.50. The molecule has 1 fully saturated rings. The Kier molecular flexibility index (Phi) is 9.55. The molecule has 1 aliphatic carbocycles. The Labute approximate surface area is 161 Å². The third-order valence-corrected chi connectivity index (χ3v) is 6.48. The lowest BCUT2D eigenvalue weighted by atomic mass is 9.86. The molecule has 1 saturated carbocycles. The molecule has 0 spiro atoms. The van der Waals surface area contributed by atoms with E-state index in [9.17, 15) is 10.2 Å². The SMILES string of the molecule is CCC(O)C(CC(CC)C(C)C)OC1C(C)CC[C@H]1OC(C)(C)C(C)O. The van der Waals surface area contributed by atoms with Crippen LogP contribution in [-0.4, -0.2) is 46.3 Å². The zero-order valence-corrected chi connectivity index (χ0v) is 18.4. The summed E-state index contributed by atoms with van der Waals surface area (Å²) in [5.41, 5.74) is -0.598. The predicted octanol–water partition coefficient (Wildman–Crippen LogP) is 4.56. The second-order valence-electron chi connectivity index (χ2n) is 9.25. The minimum atomic E-state index is -0.598. The van der Waals surface area contributed by atoms with Gasteiger partial charge in [-0.1, -0.05) is 41.0 Å². The highest BCUT2D eigenvalue weighted by atomic mass is 16.6. The minimum absolute atomic E-state index is 0.0242. The third kappa shape index (κ3) is 6.47. The molecule has 0 radical (unpaired) electrons. The summed E-state index contributed by atoms with van der Waals surface area (Å²) >= 11 is 0. The fraction of sp³-hybridized carbons (Fsp3) is 1.00. The molecule has 0 amide bonds. The molecule has 4 heteroatoms. The summed E-state index contributed by atoms with van der Waals surface area (Å²) in [6.45, 7) is 16.6. The van der Waals surface area contributed by atoms with Crippen LogP contribution in [0.3, 0.4) is 0 Å². The maximum atomic E-state index is 10.6. The van der Waals surface area contributed by atoms with Crippen LogP contribution in [0.5, 0.6) is 0 Å². The van der Waals surface area contributed by atoms with E-state index in [1.54, 1.807) is 6.92 Å². The van der Waals surface area contributed by atoms with Crippen molar-refractivity contribution in [2.45, 2.75) is 124 Å². The highest BCUT2D eigenvalue weighted by Gasteiger charge is 2.42. The number of hydrogen-bond acceptors (Lipinski definition) is 4. The molecule has 0 aromatic heterocycles. The second-order valence-corrected chi connectivity index (χ2v) is 9.25. The first-order valence-corrected chi connectivity index (χ1v) is 10.7. The Morgan fingerprint density at radius 3 is 2.12 bits per heavy atom. The normalized spacial score (nSPS) is 29.0. The van der Waals surface area contributed by atoms with E-state index in [1.165, 1.54) is 0 Å². The Morgan fingerprint density at radius 2 is 1.65 bits per heavy atom. The van der Waals surface area contributed by atoms with E-state index in [0.717, 1.165) is 25.7 Å². The zero-order valence-electron chi connectivity index (χ0n) is 18.4. The summed E-state index contributed by atoms with van der Waals surface area (Å²) < 4.78 is 12.8. The lowest BCUT2D eigenvalue weighted by Gasteiger charge is -2.37. The minimum Gasteiger partial charge on any atom is -0.390 e. The maximum absolute atomic E-state index is 10.6. The highest BCUT2D eigenvalue weighted by molar-refractivity contribution is 4.90. The van der Waals surface area contributed by atoms with Gasteiger partial charge in [0, 0.05) is 0 Å². The number of aliphatic hydroxyl groups excluding tert-OH is 2. The van der Waals surface area contributed by atoms with Gasteiger partial charge >= 0.3 is 0 Å². The topological polar surface area (TPSA) is 58.9 Å². The van der Waals surface area contributed by atoms with E-state index in [2.05, 4.69) is 27.7 Å². The van der Waals surface area contributed by atoms with Crippen LogP contribution >= 0.6 is 0 Å². The lowest BCUT2D eigenvalue weighted by molar-refractivity contribution is -0.187. The summed E-state index contributed by atoms with van der Waals surface area (Å²) in [5.74, 6) is 1.53. The van der Waals surface area contributed by atoms with E-state index in [0.29, 0.717) is 24.2 Å². The quantitative estimate of drug-likeness (QED) is 0.558. The van der Waals surface area contributed by atoms with Crippen molar-refractivity contribution in [2.24, 2.45) is 17.8 Å². The Morgan fingerprint density at radius 1 is 1.04 bits per heavy atom. The lowest BCUT2D eigenvalue weighted by Crippen LogP contribution is -2.46. The van der Waals surface area contributed by atoms with Crippen LogP contribution in [0.1, 0.15) is 87.5 Å².